The number of ketones is 1. The minimum absolute atomic E-state index is 0.117. The monoisotopic (exact) mass is 173 g/mol. The van der Waals surface area contributed by atoms with Crippen molar-refractivity contribution in [3.63, 3.8) is 0 Å². The van der Waals surface area contributed by atoms with Crippen LogP contribution in [-0.4, -0.2) is 41.9 Å². The van der Waals surface area contributed by atoms with Gasteiger partial charge in [0.05, 0.1) is 6.61 Å². The van der Waals surface area contributed by atoms with Gasteiger partial charge in [-0.2, -0.15) is 0 Å². The second-order valence-corrected chi connectivity index (χ2v) is 2.97. The zero-order chi connectivity index (χ0) is 9.72. The van der Waals surface area contributed by atoms with Gasteiger partial charge in [-0.15, -0.1) is 0 Å². The van der Waals surface area contributed by atoms with E-state index < -0.39 is 11.7 Å². The molecule has 0 radical (unpaired) electrons. The van der Waals surface area contributed by atoms with E-state index in [1.165, 1.54) is 11.9 Å². The lowest BCUT2D eigenvalue weighted by Gasteiger charge is -2.15. The highest BCUT2D eigenvalue weighted by molar-refractivity contribution is 6.36. The summed E-state index contributed by atoms with van der Waals surface area (Å²) in [6.45, 7) is 3.44. The van der Waals surface area contributed by atoms with Crippen LogP contribution in [-0.2, 0) is 9.59 Å². The Morgan fingerprint density at radius 1 is 1.42 bits per heavy atom. The van der Waals surface area contributed by atoms with Crippen LogP contribution in [0.4, 0.5) is 0 Å². The first-order valence-corrected chi connectivity index (χ1v) is 3.90. The van der Waals surface area contributed by atoms with Crippen LogP contribution in [0.2, 0.25) is 0 Å². The first kappa shape index (κ1) is 11.1. The summed E-state index contributed by atoms with van der Waals surface area (Å²) < 4.78 is 0. The number of hydrogen-bond acceptors (Lipinski definition) is 3. The highest BCUT2D eigenvalue weighted by atomic mass is 16.3. The zero-order valence-electron chi connectivity index (χ0n) is 7.70. The Morgan fingerprint density at radius 3 is 2.25 bits per heavy atom. The number of aliphatic hydroxyl groups excluding tert-OH is 1. The van der Waals surface area contributed by atoms with Gasteiger partial charge in [-0.05, 0) is 0 Å². The Labute approximate surface area is 72.2 Å². The second kappa shape index (κ2) is 4.87. The highest BCUT2D eigenvalue weighted by Gasteiger charge is 2.20. The Bertz CT molecular complexity index is 177. The molecule has 0 atom stereocenters. The first-order valence-electron chi connectivity index (χ1n) is 3.90. The fourth-order valence-electron chi connectivity index (χ4n) is 0.687. The molecule has 12 heavy (non-hydrogen) atoms. The van der Waals surface area contributed by atoms with E-state index in [2.05, 4.69) is 0 Å². The van der Waals surface area contributed by atoms with Crippen molar-refractivity contribution in [3.05, 3.63) is 0 Å². The molecule has 1 amide bonds. The maximum Gasteiger partial charge on any atom is 0.290 e. The number of hydrogen-bond donors (Lipinski definition) is 1. The van der Waals surface area contributed by atoms with Gasteiger partial charge in [0.2, 0.25) is 5.78 Å². The molecule has 4 heteroatoms. The molecule has 0 aromatic carbocycles. The smallest absolute Gasteiger partial charge is 0.290 e. The molecule has 4 nitrogen and oxygen atoms in total. The van der Waals surface area contributed by atoms with Crippen LogP contribution in [0.15, 0.2) is 0 Å². The third-order valence-corrected chi connectivity index (χ3v) is 1.52. The first-order chi connectivity index (χ1) is 5.50. The maximum atomic E-state index is 11.1. The van der Waals surface area contributed by atoms with Crippen LogP contribution in [0.3, 0.4) is 0 Å². The predicted octanol–water partition coefficient (Wildman–Crippen LogP) is -0.338. The van der Waals surface area contributed by atoms with Crippen molar-refractivity contribution in [3.8, 4) is 0 Å². The Kier molecular flexibility index (Phi) is 4.51. The highest BCUT2D eigenvalue weighted by Crippen LogP contribution is 1.97. The van der Waals surface area contributed by atoms with E-state index in [-0.39, 0.29) is 19.1 Å². The maximum absolute atomic E-state index is 11.1. The molecular weight excluding hydrogens is 158 g/mol. The summed E-state index contributed by atoms with van der Waals surface area (Å²) in [7, 11) is 1.50. The number of rotatable bonds is 4. The summed E-state index contributed by atoms with van der Waals surface area (Å²) in [6, 6.07) is 0. The van der Waals surface area contributed by atoms with E-state index in [1.54, 1.807) is 13.8 Å². The number of carbonyl (C=O) groups is 2. The molecule has 0 saturated carbocycles. The van der Waals surface area contributed by atoms with Gasteiger partial charge in [0.1, 0.15) is 0 Å². The van der Waals surface area contributed by atoms with Crippen LogP contribution in [0, 0.1) is 5.92 Å². The molecule has 70 valence electrons. The molecule has 0 rings (SSSR count). The largest absolute Gasteiger partial charge is 0.395 e. The van der Waals surface area contributed by atoms with Crippen LogP contribution in [0.5, 0.6) is 0 Å². The van der Waals surface area contributed by atoms with Crippen LogP contribution >= 0.6 is 0 Å². The molecule has 0 aromatic rings. The number of aliphatic hydroxyl groups is 1. The second-order valence-electron chi connectivity index (χ2n) is 2.97. The molecule has 0 saturated heterocycles. The molecule has 0 aliphatic carbocycles. The molecule has 0 aliphatic rings. The van der Waals surface area contributed by atoms with Crippen molar-refractivity contribution in [1.29, 1.82) is 0 Å². The molecule has 0 aliphatic heterocycles. The molecular formula is C8H15NO3. The van der Waals surface area contributed by atoms with Gasteiger partial charge in [0.25, 0.3) is 5.91 Å². The zero-order valence-corrected chi connectivity index (χ0v) is 7.70. The van der Waals surface area contributed by atoms with Crippen LogP contribution < -0.4 is 0 Å². The predicted molar refractivity (Wildman–Crippen MR) is 44.6 cm³/mol. The topological polar surface area (TPSA) is 57.6 Å². The average molecular weight is 173 g/mol. The van der Waals surface area contributed by atoms with E-state index in [0.717, 1.165) is 0 Å². The van der Waals surface area contributed by atoms with Crippen molar-refractivity contribution in [1.82, 2.24) is 4.90 Å². The van der Waals surface area contributed by atoms with Crippen molar-refractivity contribution in [2.24, 2.45) is 5.92 Å². The van der Waals surface area contributed by atoms with Crippen molar-refractivity contribution < 1.29 is 14.7 Å². The lowest BCUT2D eigenvalue weighted by atomic mass is 10.1. The average Bonchev–Trinajstić information content (AvgIpc) is 2.02. The fraction of sp³-hybridized carbons (Fsp3) is 0.750. The SMILES string of the molecule is CC(C)C(=O)C(=O)N(C)CCO. The number of amides is 1. The van der Waals surface area contributed by atoms with E-state index >= 15 is 0 Å². The summed E-state index contributed by atoms with van der Waals surface area (Å²) in [6.07, 6.45) is 0. The molecule has 0 unspecified atom stereocenters. The lowest BCUT2D eigenvalue weighted by molar-refractivity contribution is -0.145. The third kappa shape index (κ3) is 3.00. The standard InChI is InChI=1S/C8H15NO3/c1-6(2)7(11)8(12)9(3)4-5-10/h6,10H,4-5H2,1-3H3. The van der Waals surface area contributed by atoms with Gasteiger partial charge in [0.15, 0.2) is 0 Å². The Morgan fingerprint density at radius 2 is 1.92 bits per heavy atom. The van der Waals surface area contributed by atoms with Crippen molar-refractivity contribution in [2.75, 3.05) is 20.2 Å². The molecule has 1 N–H and O–H groups in total. The molecule has 0 heterocycles. The third-order valence-electron chi connectivity index (χ3n) is 1.52. The van der Waals surface area contributed by atoms with Gasteiger partial charge in [-0.3, -0.25) is 9.59 Å². The summed E-state index contributed by atoms with van der Waals surface area (Å²) >= 11 is 0. The van der Waals surface area contributed by atoms with Gasteiger partial charge >= 0.3 is 0 Å². The van der Waals surface area contributed by atoms with Crippen LogP contribution in [0.25, 0.3) is 0 Å². The number of nitrogens with zero attached hydrogens (tertiary/aromatic N) is 1. The molecule has 0 spiro atoms. The number of carbonyl (C=O) groups excluding carboxylic acids is 2. The molecule has 0 aromatic heterocycles. The summed E-state index contributed by atoms with van der Waals surface area (Å²) in [4.78, 5) is 23.5. The number of likely N-dealkylation sites (N-methyl/N-ethyl adjacent to an activating group) is 1. The van der Waals surface area contributed by atoms with E-state index in [4.69, 9.17) is 5.11 Å². The van der Waals surface area contributed by atoms with Crippen LogP contribution in [0.1, 0.15) is 13.8 Å². The minimum Gasteiger partial charge on any atom is -0.395 e. The number of Topliss-reactive ketones (excluding diaryl/α,β-unsaturated/α-hetero) is 1. The van der Waals surface area contributed by atoms with E-state index in [0.29, 0.717) is 0 Å². The van der Waals surface area contributed by atoms with E-state index in [9.17, 15) is 9.59 Å². The lowest BCUT2D eigenvalue weighted by Crippen LogP contribution is -2.37. The van der Waals surface area contributed by atoms with Gasteiger partial charge < -0.3 is 10.0 Å². The fourth-order valence-corrected chi connectivity index (χ4v) is 0.687. The minimum atomic E-state index is -0.529. The summed E-state index contributed by atoms with van der Waals surface area (Å²) in [5.74, 6) is -1.22. The van der Waals surface area contributed by atoms with Crippen molar-refractivity contribution >= 4 is 11.7 Å². The molecule has 0 bridgehead atoms. The van der Waals surface area contributed by atoms with Gasteiger partial charge in [-0.25, -0.2) is 0 Å². The van der Waals surface area contributed by atoms with E-state index in [1.807, 2.05) is 0 Å². The normalized spacial score (nSPS) is 10.1. The van der Waals surface area contributed by atoms with Gasteiger partial charge in [0, 0.05) is 19.5 Å². The van der Waals surface area contributed by atoms with Crippen molar-refractivity contribution in [2.45, 2.75) is 13.8 Å². The Hall–Kier alpha value is -0.900. The summed E-state index contributed by atoms with van der Waals surface area (Å²) in [5, 5.41) is 8.50. The summed E-state index contributed by atoms with van der Waals surface area (Å²) in [5.41, 5.74) is 0. The molecule has 0 fully saturated rings. The van der Waals surface area contributed by atoms with Gasteiger partial charge in [-0.1, -0.05) is 13.8 Å². The quantitative estimate of drug-likeness (QED) is 0.592. The Balaban J connectivity index is 4.10.